The van der Waals surface area contributed by atoms with Crippen LogP contribution in [0.3, 0.4) is 0 Å². The van der Waals surface area contributed by atoms with Crippen LogP contribution in [0.25, 0.3) is 0 Å². The lowest BCUT2D eigenvalue weighted by molar-refractivity contribution is -0.142. The van der Waals surface area contributed by atoms with Gasteiger partial charge in [0, 0.05) is 20.0 Å². The summed E-state index contributed by atoms with van der Waals surface area (Å²) in [5.41, 5.74) is 0.868. The Balaban J connectivity index is 2.09. The average Bonchev–Trinajstić information content (AvgIpc) is 3.02. The summed E-state index contributed by atoms with van der Waals surface area (Å²) in [4.78, 5) is 37.1. The summed E-state index contributed by atoms with van der Waals surface area (Å²) in [5, 5.41) is 2.45. The van der Waals surface area contributed by atoms with Crippen LogP contribution in [0.1, 0.15) is 18.4 Å². The molecule has 2 rings (SSSR count). The number of aryl methyl sites for hydroxylation is 1. The fraction of sp³-hybridized carbons (Fsp3) is 0.471. The smallest absolute Gasteiger partial charge is 0.421 e. The molecular weight excluding hydrogens is 390 g/mol. The molecule has 1 aliphatic heterocycles. The van der Waals surface area contributed by atoms with Crippen molar-refractivity contribution in [1.29, 1.82) is 0 Å². The van der Waals surface area contributed by atoms with Crippen LogP contribution in [0.2, 0.25) is 0 Å². The van der Waals surface area contributed by atoms with Gasteiger partial charge in [0.2, 0.25) is 0 Å². The molecule has 1 aliphatic rings. The first-order valence-corrected chi connectivity index (χ1v) is 10.0. The van der Waals surface area contributed by atoms with Crippen LogP contribution in [0.4, 0.5) is 9.59 Å². The number of likely N-dealkylation sites (tertiary alicyclic amines) is 1. The Hall–Kier alpha value is -2.82. The predicted molar refractivity (Wildman–Crippen MR) is 98.0 cm³/mol. The van der Waals surface area contributed by atoms with Crippen LogP contribution in [0, 0.1) is 6.92 Å². The lowest BCUT2D eigenvalue weighted by Crippen LogP contribution is -2.47. The number of methoxy groups -OCH3 is 1. The molecule has 0 spiro atoms. The second-order valence-corrected chi connectivity index (χ2v) is 7.93. The Labute approximate surface area is 163 Å². The summed E-state index contributed by atoms with van der Waals surface area (Å²) in [6, 6.07) is 4.74. The van der Waals surface area contributed by atoms with Crippen LogP contribution in [0.15, 0.2) is 29.2 Å². The number of hydrogen-bond donors (Lipinski definition) is 2. The van der Waals surface area contributed by atoms with Gasteiger partial charge in [-0.05, 0) is 19.1 Å². The first kappa shape index (κ1) is 21.5. The van der Waals surface area contributed by atoms with E-state index in [1.54, 1.807) is 19.1 Å². The van der Waals surface area contributed by atoms with Gasteiger partial charge in [-0.15, -0.1) is 0 Å². The van der Waals surface area contributed by atoms with Gasteiger partial charge in [0.15, 0.2) is 0 Å². The summed E-state index contributed by atoms with van der Waals surface area (Å²) in [7, 11) is -1.46. The Morgan fingerprint density at radius 3 is 2.43 bits per heavy atom. The van der Waals surface area contributed by atoms with Crippen molar-refractivity contribution in [3.63, 3.8) is 0 Å². The maximum atomic E-state index is 12.3. The van der Waals surface area contributed by atoms with Gasteiger partial charge in [0.1, 0.15) is 6.10 Å². The minimum absolute atomic E-state index is 0.0837. The molecule has 1 aromatic rings. The normalized spacial score (nSPS) is 19.0. The van der Waals surface area contributed by atoms with E-state index >= 15 is 0 Å². The third kappa shape index (κ3) is 5.12. The second-order valence-electron chi connectivity index (χ2n) is 6.25. The molecule has 0 unspecified atom stereocenters. The highest BCUT2D eigenvalue weighted by Crippen LogP contribution is 2.24. The fourth-order valence-corrected chi connectivity index (χ4v) is 3.78. The number of rotatable bonds is 5. The number of urea groups is 1. The molecule has 0 saturated carbocycles. The topological polar surface area (TPSA) is 131 Å². The first-order chi connectivity index (χ1) is 13.2. The number of esters is 1. The highest BCUT2D eigenvalue weighted by atomic mass is 32.2. The summed E-state index contributed by atoms with van der Waals surface area (Å²) < 4.78 is 36.3. The van der Waals surface area contributed by atoms with Gasteiger partial charge < -0.3 is 19.7 Å². The molecule has 2 N–H and O–H groups in total. The minimum Gasteiger partial charge on any atom is -0.469 e. The van der Waals surface area contributed by atoms with Crippen molar-refractivity contribution in [1.82, 2.24) is 14.9 Å². The van der Waals surface area contributed by atoms with Crippen LogP contribution in [-0.2, 0) is 24.3 Å². The number of hydrogen-bond acceptors (Lipinski definition) is 7. The quantitative estimate of drug-likeness (QED) is 0.681. The summed E-state index contributed by atoms with van der Waals surface area (Å²) in [6.45, 7) is 2.04. The number of carbonyl (C=O) groups excluding carboxylic acids is 3. The van der Waals surface area contributed by atoms with E-state index in [1.807, 2.05) is 4.72 Å². The van der Waals surface area contributed by atoms with E-state index in [0.717, 1.165) is 5.56 Å². The van der Waals surface area contributed by atoms with E-state index in [-0.39, 0.29) is 24.3 Å². The highest BCUT2D eigenvalue weighted by Gasteiger charge is 2.41. The standard InChI is InChI=1S/C17H23N3O7S/c1-11-4-6-12(7-5-11)28(24,25)19-17(23)27-14-8-9-20(16(22)18-2)13(14)10-15(21)26-3/h4-7,13-14H,8-10H2,1-3H3,(H,18,22)(H,19,23)/t13-,14-/m1/s1. The molecule has 0 aromatic heterocycles. The third-order valence-electron chi connectivity index (χ3n) is 4.37. The van der Waals surface area contributed by atoms with Gasteiger partial charge in [-0.25, -0.2) is 22.7 Å². The minimum atomic E-state index is -4.11. The zero-order valence-corrected chi connectivity index (χ0v) is 16.6. The number of nitrogens with zero attached hydrogens (tertiary/aromatic N) is 1. The molecule has 3 amide bonds. The third-order valence-corrected chi connectivity index (χ3v) is 5.70. The van der Waals surface area contributed by atoms with E-state index in [9.17, 15) is 22.8 Å². The van der Waals surface area contributed by atoms with Crippen molar-refractivity contribution >= 4 is 28.1 Å². The molecule has 1 aromatic carbocycles. The summed E-state index contributed by atoms with van der Waals surface area (Å²) >= 11 is 0. The highest BCUT2D eigenvalue weighted by molar-refractivity contribution is 7.90. The van der Waals surface area contributed by atoms with Gasteiger partial charge in [-0.3, -0.25) is 4.79 Å². The van der Waals surface area contributed by atoms with Crippen molar-refractivity contribution in [3.05, 3.63) is 29.8 Å². The molecule has 0 radical (unpaired) electrons. The van der Waals surface area contributed by atoms with Crippen LogP contribution >= 0.6 is 0 Å². The second kappa shape index (κ2) is 8.91. The van der Waals surface area contributed by atoms with Crippen LogP contribution < -0.4 is 10.0 Å². The van der Waals surface area contributed by atoms with Gasteiger partial charge in [0.05, 0.1) is 24.5 Å². The van der Waals surface area contributed by atoms with E-state index in [0.29, 0.717) is 0 Å². The molecule has 154 valence electrons. The fourth-order valence-electron chi connectivity index (χ4n) is 2.90. The number of benzene rings is 1. The molecule has 0 aliphatic carbocycles. The van der Waals surface area contributed by atoms with Crippen molar-refractivity contribution in [2.75, 3.05) is 20.7 Å². The average molecular weight is 413 g/mol. The van der Waals surface area contributed by atoms with E-state index in [2.05, 4.69) is 10.1 Å². The monoisotopic (exact) mass is 413 g/mol. The molecule has 2 atom stereocenters. The zero-order valence-electron chi connectivity index (χ0n) is 15.8. The van der Waals surface area contributed by atoms with Crippen LogP contribution in [-0.4, -0.2) is 64.3 Å². The lowest BCUT2D eigenvalue weighted by atomic mass is 10.1. The van der Waals surface area contributed by atoms with Gasteiger partial charge in [-0.2, -0.15) is 0 Å². The van der Waals surface area contributed by atoms with Crippen LogP contribution in [0.5, 0.6) is 0 Å². The number of carbonyl (C=O) groups is 3. The Morgan fingerprint density at radius 2 is 1.86 bits per heavy atom. The Morgan fingerprint density at radius 1 is 1.21 bits per heavy atom. The number of ether oxygens (including phenoxy) is 2. The van der Waals surface area contributed by atoms with E-state index in [1.165, 1.54) is 31.2 Å². The SMILES string of the molecule is CNC(=O)N1CC[C@@H](OC(=O)NS(=O)(=O)c2ccc(C)cc2)[C@H]1CC(=O)OC. The summed E-state index contributed by atoms with van der Waals surface area (Å²) in [5.74, 6) is -0.581. The largest absolute Gasteiger partial charge is 0.469 e. The Kier molecular flexibility index (Phi) is 6.84. The maximum absolute atomic E-state index is 12.3. The maximum Gasteiger partial charge on any atom is 0.421 e. The lowest BCUT2D eigenvalue weighted by Gasteiger charge is -2.26. The van der Waals surface area contributed by atoms with Gasteiger partial charge in [0.25, 0.3) is 10.0 Å². The zero-order chi connectivity index (χ0) is 20.9. The van der Waals surface area contributed by atoms with E-state index < -0.39 is 40.3 Å². The number of nitrogens with one attached hydrogen (secondary N) is 2. The molecule has 1 heterocycles. The molecule has 28 heavy (non-hydrogen) atoms. The van der Waals surface area contributed by atoms with Crippen molar-refractivity contribution in [2.24, 2.45) is 0 Å². The molecule has 10 nitrogen and oxygen atoms in total. The molecule has 0 bridgehead atoms. The molecular formula is C17H23N3O7S. The number of amides is 3. The van der Waals surface area contributed by atoms with Crippen molar-refractivity contribution in [2.45, 2.75) is 36.8 Å². The first-order valence-electron chi connectivity index (χ1n) is 8.53. The number of sulfonamides is 1. The molecule has 1 fully saturated rings. The summed E-state index contributed by atoms with van der Waals surface area (Å²) in [6.07, 6.45) is -1.97. The molecule has 1 saturated heterocycles. The molecule has 11 heteroatoms. The van der Waals surface area contributed by atoms with Gasteiger partial charge >= 0.3 is 18.1 Å². The predicted octanol–water partition coefficient (Wildman–Crippen LogP) is 0.755. The van der Waals surface area contributed by atoms with Crippen molar-refractivity contribution in [3.8, 4) is 0 Å². The van der Waals surface area contributed by atoms with E-state index in [4.69, 9.17) is 4.74 Å². The van der Waals surface area contributed by atoms with Gasteiger partial charge in [-0.1, -0.05) is 17.7 Å². The Bertz CT molecular complexity index is 839. The van der Waals surface area contributed by atoms with Crippen molar-refractivity contribution < 1.29 is 32.3 Å².